The van der Waals surface area contributed by atoms with Gasteiger partial charge in [-0.15, -0.1) is 0 Å². The van der Waals surface area contributed by atoms with E-state index >= 15 is 0 Å². The van der Waals surface area contributed by atoms with Crippen molar-refractivity contribution >= 4 is 58.4 Å². The van der Waals surface area contributed by atoms with Gasteiger partial charge in [0.05, 0.1) is 11.3 Å². The van der Waals surface area contributed by atoms with Crippen LogP contribution in [0.5, 0.6) is 0 Å². The molecule has 10 heteroatoms. The van der Waals surface area contributed by atoms with Crippen molar-refractivity contribution in [1.29, 1.82) is 5.26 Å². The van der Waals surface area contributed by atoms with E-state index in [1.807, 2.05) is 12.3 Å². The van der Waals surface area contributed by atoms with Crippen LogP contribution < -0.4 is 10.6 Å². The Labute approximate surface area is 194 Å². The van der Waals surface area contributed by atoms with Gasteiger partial charge in [-0.05, 0) is 60.9 Å². The average Bonchev–Trinajstić information content (AvgIpc) is 2.75. The Bertz CT molecular complexity index is 993. The van der Waals surface area contributed by atoms with Crippen LogP contribution >= 0.6 is 35.0 Å². The molecule has 0 heterocycles. The van der Waals surface area contributed by atoms with Crippen molar-refractivity contribution in [3.8, 4) is 6.07 Å². The first-order chi connectivity index (χ1) is 14.8. The van der Waals surface area contributed by atoms with Crippen molar-refractivity contribution < 1.29 is 19.1 Å². The molecule has 2 amide bonds. The first kappa shape index (κ1) is 24.5. The van der Waals surface area contributed by atoms with E-state index in [4.69, 9.17) is 33.2 Å². The maximum absolute atomic E-state index is 12.5. The summed E-state index contributed by atoms with van der Waals surface area (Å²) >= 11 is 13.2. The highest BCUT2D eigenvalue weighted by molar-refractivity contribution is 7.98. The number of hydrogen-bond donors (Lipinski definition) is 2. The Kier molecular flexibility index (Phi) is 9.66. The van der Waals surface area contributed by atoms with E-state index in [9.17, 15) is 14.4 Å². The van der Waals surface area contributed by atoms with Crippen LogP contribution in [-0.4, -0.2) is 42.4 Å². The lowest BCUT2D eigenvalue weighted by molar-refractivity contribution is -0.149. The van der Waals surface area contributed by atoms with Crippen molar-refractivity contribution in [1.82, 2.24) is 5.32 Å². The molecule has 2 N–H and O–H groups in total. The van der Waals surface area contributed by atoms with E-state index in [0.717, 1.165) is 0 Å². The number of rotatable bonds is 9. The Hall–Kier alpha value is -2.73. The molecule has 2 rings (SSSR count). The maximum Gasteiger partial charge on any atom is 0.329 e. The normalized spacial score (nSPS) is 11.2. The predicted molar refractivity (Wildman–Crippen MR) is 121 cm³/mol. The molecule has 0 aliphatic rings. The Morgan fingerprint density at radius 1 is 1.13 bits per heavy atom. The molecule has 0 aliphatic carbocycles. The summed E-state index contributed by atoms with van der Waals surface area (Å²) in [6, 6.07) is 11.6. The third-order valence-corrected chi connectivity index (χ3v) is 5.16. The summed E-state index contributed by atoms with van der Waals surface area (Å²) in [6.45, 7) is -0.581. The Morgan fingerprint density at radius 2 is 1.81 bits per heavy atom. The minimum Gasteiger partial charge on any atom is -0.454 e. The topological polar surface area (TPSA) is 108 Å². The van der Waals surface area contributed by atoms with Gasteiger partial charge < -0.3 is 15.4 Å². The van der Waals surface area contributed by atoms with Crippen molar-refractivity contribution in [2.75, 3.05) is 23.9 Å². The van der Waals surface area contributed by atoms with E-state index in [-0.39, 0.29) is 11.3 Å². The summed E-state index contributed by atoms with van der Waals surface area (Å²) in [5, 5.41) is 15.0. The molecule has 0 fully saturated rings. The van der Waals surface area contributed by atoms with Gasteiger partial charge in [0.2, 0.25) is 0 Å². The van der Waals surface area contributed by atoms with Crippen molar-refractivity contribution in [3.05, 3.63) is 63.6 Å². The third kappa shape index (κ3) is 7.79. The Morgan fingerprint density at radius 3 is 2.45 bits per heavy atom. The lowest BCUT2D eigenvalue weighted by Gasteiger charge is -2.17. The monoisotopic (exact) mass is 479 g/mol. The number of ether oxygens (including phenoxy) is 1. The predicted octanol–water partition coefficient (Wildman–Crippen LogP) is 3.90. The van der Waals surface area contributed by atoms with E-state index < -0.39 is 30.4 Å². The number of nitrogens with zero attached hydrogens (tertiary/aromatic N) is 1. The highest BCUT2D eigenvalue weighted by Crippen LogP contribution is 2.20. The Balaban J connectivity index is 1.97. The van der Waals surface area contributed by atoms with Gasteiger partial charge in [0, 0.05) is 15.6 Å². The number of anilines is 1. The number of hydrogen-bond acceptors (Lipinski definition) is 6. The summed E-state index contributed by atoms with van der Waals surface area (Å²) in [6.07, 6.45) is 2.20. The molecule has 162 valence electrons. The minimum atomic E-state index is -0.927. The standard InChI is InChI=1S/C21H19Cl2N3O4S/c1-31-9-8-17(26-20(28)13-2-5-15(22)6-3-13)21(29)30-12-19(27)25-18-10-16(23)7-4-14(18)11-24/h2-7,10,17H,8-9,12H2,1H3,(H,25,27)(H,26,28)/t17-/m0/s1. The molecule has 0 bridgehead atoms. The molecule has 0 aliphatic heterocycles. The van der Waals surface area contributed by atoms with Crippen molar-refractivity contribution in [2.24, 2.45) is 0 Å². The number of halogens is 2. The summed E-state index contributed by atoms with van der Waals surface area (Å²) in [4.78, 5) is 37.1. The van der Waals surface area contributed by atoms with Crippen LogP contribution in [0, 0.1) is 11.3 Å². The molecule has 2 aromatic carbocycles. The summed E-state index contributed by atoms with van der Waals surface area (Å²) in [7, 11) is 0. The largest absolute Gasteiger partial charge is 0.454 e. The molecular weight excluding hydrogens is 461 g/mol. The van der Waals surface area contributed by atoms with Gasteiger partial charge in [0.15, 0.2) is 6.61 Å². The quantitative estimate of drug-likeness (QED) is 0.527. The molecule has 1 atom stereocenters. The van der Waals surface area contributed by atoms with Crippen LogP contribution in [0.3, 0.4) is 0 Å². The lowest BCUT2D eigenvalue weighted by Crippen LogP contribution is -2.43. The van der Waals surface area contributed by atoms with Gasteiger partial charge >= 0.3 is 5.97 Å². The van der Waals surface area contributed by atoms with Crippen LogP contribution in [0.15, 0.2) is 42.5 Å². The van der Waals surface area contributed by atoms with Crippen molar-refractivity contribution in [2.45, 2.75) is 12.5 Å². The maximum atomic E-state index is 12.5. The molecule has 0 unspecified atom stereocenters. The minimum absolute atomic E-state index is 0.214. The molecule has 0 spiro atoms. The number of nitrogens with one attached hydrogen (secondary N) is 2. The van der Waals surface area contributed by atoms with E-state index in [0.29, 0.717) is 27.8 Å². The van der Waals surface area contributed by atoms with Crippen LogP contribution in [0.1, 0.15) is 22.3 Å². The molecule has 7 nitrogen and oxygen atoms in total. The smallest absolute Gasteiger partial charge is 0.329 e. The second-order valence-corrected chi connectivity index (χ2v) is 8.13. The number of carbonyl (C=O) groups is 3. The number of esters is 1. The van der Waals surface area contributed by atoms with Gasteiger partial charge in [0.25, 0.3) is 11.8 Å². The van der Waals surface area contributed by atoms with E-state index in [1.54, 1.807) is 24.3 Å². The van der Waals surface area contributed by atoms with Gasteiger partial charge in [-0.2, -0.15) is 17.0 Å². The number of carbonyl (C=O) groups excluding carboxylic acids is 3. The third-order valence-electron chi connectivity index (χ3n) is 4.03. The molecular formula is C21H19Cl2N3O4S. The van der Waals surface area contributed by atoms with Crippen LogP contribution in [0.25, 0.3) is 0 Å². The SMILES string of the molecule is CSCC[C@H](NC(=O)c1ccc(Cl)cc1)C(=O)OCC(=O)Nc1cc(Cl)ccc1C#N. The fourth-order valence-electron chi connectivity index (χ4n) is 2.47. The summed E-state index contributed by atoms with van der Waals surface area (Å²) in [5.41, 5.74) is 0.775. The summed E-state index contributed by atoms with van der Waals surface area (Å²) < 4.78 is 5.08. The highest BCUT2D eigenvalue weighted by atomic mass is 35.5. The van der Waals surface area contributed by atoms with E-state index in [1.165, 1.54) is 30.0 Å². The molecule has 0 saturated heterocycles. The zero-order valence-corrected chi connectivity index (χ0v) is 18.8. The lowest BCUT2D eigenvalue weighted by atomic mass is 10.1. The second kappa shape index (κ2) is 12.2. The van der Waals surface area contributed by atoms with Crippen molar-refractivity contribution in [3.63, 3.8) is 0 Å². The van der Waals surface area contributed by atoms with Gasteiger partial charge in [-0.25, -0.2) is 4.79 Å². The molecule has 2 aromatic rings. The number of thioether (sulfide) groups is 1. The van der Waals surface area contributed by atoms with Crippen LogP contribution in [-0.2, 0) is 14.3 Å². The fourth-order valence-corrected chi connectivity index (χ4v) is 3.24. The highest BCUT2D eigenvalue weighted by Gasteiger charge is 2.23. The van der Waals surface area contributed by atoms with E-state index in [2.05, 4.69) is 10.6 Å². The molecule has 0 saturated carbocycles. The fraction of sp³-hybridized carbons (Fsp3) is 0.238. The summed E-state index contributed by atoms with van der Waals surface area (Å²) in [5.74, 6) is -1.24. The first-order valence-corrected chi connectivity index (χ1v) is 11.2. The number of nitriles is 1. The average molecular weight is 480 g/mol. The van der Waals surface area contributed by atoms with Gasteiger partial charge in [-0.1, -0.05) is 23.2 Å². The zero-order chi connectivity index (χ0) is 22.8. The van der Waals surface area contributed by atoms with Gasteiger partial charge in [-0.3, -0.25) is 9.59 Å². The molecule has 0 radical (unpaired) electrons. The van der Waals surface area contributed by atoms with Gasteiger partial charge in [0.1, 0.15) is 12.1 Å². The molecule has 0 aromatic heterocycles. The first-order valence-electron chi connectivity index (χ1n) is 9.05. The second-order valence-electron chi connectivity index (χ2n) is 6.27. The van der Waals surface area contributed by atoms with Crippen LogP contribution in [0.4, 0.5) is 5.69 Å². The van der Waals surface area contributed by atoms with Crippen LogP contribution in [0.2, 0.25) is 10.0 Å². The number of amides is 2. The molecule has 31 heavy (non-hydrogen) atoms. The zero-order valence-electron chi connectivity index (χ0n) is 16.5. The number of benzene rings is 2.